The van der Waals surface area contributed by atoms with Gasteiger partial charge in [-0.3, -0.25) is 0 Å². The summed E-state index contributed by atoms with van der Waals surface area (Å²) in [6.07, 6.45) is 2.07. The van der Waals surface area contributed by atoms with Crippen molar-refractivity contribution in [3.8, 4) is 5.19 Å². The molecular formula is C16H23N5O3S. The Morgan fingerprint density at radius 2 is 2.28 bits per heavy atom. The van der Waals surface area contributed by atoms with E-state index in [1.165, 1.54) is 17.7 Å². The summed E-state index contributed by atoms with van der Waals surface area (Å²) in [5, 5.41) is 22.3. The molecule has 25 heavy (non-hydrogen) atoms. The smallest absolute Gasteiger partial charge is 0.273 e. The molecule has 0 radical (unpaired) electrons. The second kappa shape index (κ2) is 7.51. The zero-order valence-electron chi connectivity index (χ0n) is 14.3. The zero-order chi connectivity index (χ0) is 18.0. The number of nitrogens with zero attached hydrogens (tertiary/aromatic N) is 4. The molecule has 4 N–H and O–H groups in total. The molecule has 3 rings (SSSR count). The van der Waals surface area contributed by atoms with E-state index in [4.69, 9.17) is 15.6 Å². The average Bonchev–Trinajstić information content (AvgIpc) is 3.24. The van der Waals surface area contributed by atoms with E-state index in [1.54, 1.807) is 7.11 Å². The molecule has 0 spiro atoms. The topological polar surface area (TPSA) is 118 Å². The Kier molecular flexibility index (Phi) is 5.36. The number of ether oxygens (including phenoxy) is 1. The monoisotopic (exact) mass is 365 g/mol. The number of hydrogen-bond acceptors (Lipinski definition) is 9. The molecule has 0 aliphatic carbocycles. The normalized spacial score (nSPS) is 18.9. The van der Waals surface area contributed by atoms with Gasteiger partial charge in [-0.05, 0) is 12.8 Å². The van der Waals surface area contributed by atoms with Gasteiger partial charge in [0.15, 0.2) is 0 Å². The Balaban J connectivity index is 1.92. The van der Waals surface area contributed by atoms with Gasteiger partial charge in [0.1, 0.15) is 24.2 Å². The summed E-state index contributed by atoms with van der Waals surface area (Å²) in [6, 6.07) is 0. The summed E-state index contributed by atoms with van der Waals surface area (Å²) < 4.78 is 5.19. The van der Waals surface area contributed by atoms with Gasteiger partial charge < -0.3 is 25.6 Å². The van der Waals surface area contributed by atoms with Crippen LogP contribution in [0.4, 0.5) is 11.6 Å². The van der Waals surface area contributed by atoms with Crippen LogP contribution < -0.4 is 15.4 Å². The van der Waals surface area contributed by atoms with Gasteiger partial charge in [0, 0.05) is 30.0 Å². The standard InChI is InChI=1S/C16H23N5O3S/c1-9(4-3-5-22)15(23)21-6-10(11-7-25-16(20-11)24-2)12-13(17)18-8-19-14(12)21/h7-10,15,22-23H,3-6H2,1-2H3,(H2,17,18,19). The van der Waals surface area contributed by atoms with Crippen LogP contribution in [0.3, 0.4) is 0 Å². The number of fused-ring (bicyclic) bond motifs is 1. The average molecular weight is 365 g/mol. The number of rotatable bonds is 7. The van der Waals surface area contributed by atoms with Crippen molar-refractivity contribution in [2.24, 2.45) is 5.92 Å². The van der Waals surface area contributed by atoms with Crippen molar-refractivity contribution < 1.29 is 14.9 Å². The second-order valence-electron chi connectivity index (χ2n) is 6.20. The Bertz CT molecular complexity index is 726. The van der Waals surface area contributed by atoms with Crippen LogP contribution >= 0.6 is 11.3 Å². The van der Waals surface area contributed by atoms with E-state index in [9.17, 15) is 5.11 Å². The van der Waals surface area contributed by atoms with Crippen LogP contribution in [0.25, 0.3) is 0 Å². The number of methoxy groups -OCH3 is 1. The van der Waals surface area contributed by atoms with Gasteiger partial charge in [-0.1, -0.05) is 18.3 Å². The first kappa shape index (κ1) is 17.8. The molecule has 3 atom stereocenters. The molecule has 3 unspecified atom stereocenters. The van der Waals surface area contributed by atoms with Gasteiger partial charge in [0.2, 0.25) is 0 Å². The first-order chi connectivity index (χ1) is 12.1. The van der Waals surface area contributed by atoms with Gasteiger partial charge in [0.05, 0.1) is 18.7 Å². The molecule has 3 heterocycles. The molecule has 9 heteroatoms. The summed E-state index contributed by atoms with van der Waals surface area (Å²) in [6.45, 7) is 2.60. The quantitative estimate of drug-likeness (QED) is 0.670. The molecule has 0 bridgehead atoms. The Hall–Kier alpha value is -1.97. The van der Waals surface area contributed by atoms with E-state index in [2.05, 4.69) is 15.0 Å². The third-order valence-electron chi connectivity index (χ3n) is 4.57. The summed E-state index contributed by atoms with van der Waals surface area (Å²) in [4.78, 5) is 14.8. The lowest BCUT2D eigenvalue weighted by atomic mass is 10.0. The second-order valence-corrected chi connectivity index (χ2v) is 7.02. The summed E-state index contributed by atoms with van der Waals surface area (Å²) in [5.74, 6) is 0.920. The fourth-order valence-corrected chi connectivity index (χ4v) is 3.90. The van der Waals surface area contributed by atoms with Crippen molar-refractivity contribution in [1.29, 1.82) is 0 Å². The fraction of sp³-hybridized carbons (Fsp3) is 0.562. The molecule has 136 valence electrons. The Morgan fingerprint density at radius 1 is 1.48 bits per heavy atom. The zero-order valence-corrected chi connectivity index (χ0v) is 15.1. The van der Waals surface area contributed by atoms with E-state index < -0.39 is 6.23 Å². The maximum atomic E-state index is 10.8. The molecule has 1 aliphatic rings. The fourth-order valence-electron chi connectivity index (χ4n) is 3.20. The highest BCUT2D eigenvalue weighted by Crippen LogP contribution is 2.43. The van der Waals surface area contributed by atoms with E-state index in [0.29, 0.717) is 29.8 Å². The van der Waals surface area contributed by atoms with Crippen molar-refractivity contribution in [1.82, 2.24) is 15.0 Å². The van der Waals surface area contributed by atoms with Gasteiger partial charge in [-0.15, -0.1) is 0 Å². The van der Waals surface area contributed by atoms with Crippen molar-refractivity contribution in [2.75, 3.05) is 30.9 Å². The number of hydrogen-bond donors (Lipinski definition) is 3. The van der Waals surface area contributed by atoms with E-state index in [-0.39, 0.29) is 18.4 Å². The van der Waals surface area contributed by atoms with Crippen LogP contribution in [0, 0.1) is 5.92 Å². The lowest BCUT2D eigenvalue weighted by molar-refractivity contribution is 0.103. The highest BCUT2D eigenvalue weighted by molar-refractivity contribution is 7.11. The molecular weight excluding hydrogens is 342 g/mol. The first-order valence-corrected chi connectivity index (χ1v) is 9.10. The number of thiazole rings is 1. The Morgan fingerprint density at radius 3 is 2.96 bits per heavy atom. The van der Waals surface area contributed by atoms with Gasteiger partial charge in [-0.25, -0.2) is 15.0 Å². The van der Waals surface area contributed by atoms with Crippen LogP contribution in [0.1, 0.15) is 36.9 Å². The highest BCUT2D eigenvalue weighted by atomic mass is 32.1. The summed E-state index contributed by atoms with van der Waals surface area (Å²) >= 11 is 1.42. The molecule has 2 aromatic heterocycles. The van der Waals surface area contributed by atoms with Crippen LogP contribution in [0.15, 0.2) is 11.7 Å². The predicted molar refractivity (Wildman–Crippen MR) is 95.8 cm³/mol. The lowest BCUT2D eigenvalue weighted by Crippen LogP contribution is -2.39. The van der Waals surface area contributed by atoms with Crippen molar-refractivity contribution in [3.05, 3.63) is 23.0 Å². The van der Waals surface area contributed by atoms with E-state index in [1.807, 2.05) is 17.2 Å². The van der Waals surface area contributed by atoms with Crippen LogP contribution in [-0.2, 0) is 0 Å². The van der Waals surface area contributed by atoms with Crippen molar-refractivity contribution >= 4 is 23.0 Å². The van der Waals surface area contributed by atoms with E-state index in [0.717, 1.165) is 17.7 Å². The largest absolute Gasteiger partial charge is 0.473 e. The molecule has 0 fully saturated rings. The number of aliphatic hydroxyl groups is 2. The summed E-state index contributed by atoms with van der Waals surface area (Å²) in [7, 11) is 1.58. The number of anilines is 2. The number of nitrogen functional groups attached to an aromatic ring is 1. The first-order valence-electron chi connectivity index (χ1n) is 8.22. The molecule has 0 amide bonds. The minimum absolute atomic E-state index is 0.0140. The predicted octanol–water partition coefficient (Wildman–Crippen LogP) is 1.20. The van der Waals surface area contributed by atoms with Crippen molar-refractivity contribution in [3.63, 3.8) is 0 Å². The van der Waals surface area contributed by atoms with E-state index >= 15 is 0 Å². The molecule has 0 saturated carbocycles. The Labute approximate surface area is 150 Å². The highest BCUT2D eigenvalue weighted by Gasteiger charge is 2.39. The van der Waals surface area contributed by atoms with Crippen molar-refractivity contribution in [2.45, 2.75) is 31.9 Å². The maximum absolute atomic E-state index is 10.8. The van der Waals surface area contributed by atoms with Crippen LogP contribution in [-0.4, -0.2) is 51.7 Å². The summed E-state index contributed by atoms with van der Waals surface area (Å²) in [5.41, 5.74) is 7.74. The number of nitrogens with two attached hydrogens (primary N) is 1. The van der Waals surface area contributed by atoms with Gasteiger partial charge in [-0.2, -0.15) is 0 Å². The molecule has 0 saturated heterocycles. The van der Waals surface area contributed by atoms with Gasteiger partial charge >= 0.3 is 0 Å². The molecule has 0 aromatic carbocycles. The van der Waals surface area contributed by atoms with Crippen LogP contribution in [0.2, 0.25) is 0 Å². The number of aliphatic hydroxyl groups excluding tert-OH is 2. The number of aromatic nitrogens is 3. The third-order valence-corrected chi connectivity index (χ3v) is 5.39. The molecule has 1 aliphatic heterocycles. The molecule has 2 aromatic rings. The van der Waals surface area contributed by atoms with Crippen LogP contribution in [0.5, 0.6) is 5.19 Å². The molecule has 8 nitrogen and oxygen atoms in total. The maximum Gasteiger partial charge on any atom is 0.273 e. The third kappa shape index (κ3) is 3.39. The van der Waals surface area contributed by atoms with Gasteiger partial charge in [0.25, 0.3) is 5.19 Å². The minimum Gasteiger partial charge on any atom is -0.473 e. The minimum atomic E-state index is -0.717. The lowest BCUT2D eigenvalue weighted by Gasteiger charge is -2.30. The SMILES string of the molecule is COc1nc(C2CN(C(O)C(C)CCCO)c3ncnc(N)c32)cs1.